The van der Waals surface area contributed by atoms with Crippen LogP contribution in [0.3, 0.4) is 0 Å². The molecule has 8 nitrogen and oxygen atoms in total. The van der Waals surface area contributed by atoms with E-state index in [0.29, 0.717) is 18.4 Å². The molecule has 3 N–H and O–H groups in total. The highest BCUT2D eigenvalue weighted by Crippen LogP contribution is 2.39. The second-order valence-corrected chi connectivity index (χ2v) is 9.93. The molecule has 0 bridgehead atoms. The van der Waals surface area contributed by atoms with Gasteiger partial charge in [0, 0.05) is 18.5 Å². The summed E-state index contributed by atoms with van der Waals surface area (Å²) >= 11 is 0. The van der Waals surface area contributed by atoms with Gasteiger partial charge in [-0.25, -0.2) is 4.79 Å². The van der Waals surface area contributed by atoms with Crippen LogP contribution in [-0.4, -0.2) is 32.7 Å². The van der Waals surface area contributed by atoms with Gasteiger partial charge < -0.3 is 15.6 Å². The first kappa shape index (κ1) is 25.2. The number of rotatable bonds is 7. The number of cyclic esters (lactones) is 1. The molecule has 188 valence electrons. The number of carbonyl (C=O) groups is 1. The Labute approximate surface area is 210 Å². The Morgan fingerprint density at radius 1 is 1.11 bits per heavy atom. The fourth-order valence-electron chi connectivity index (χ4n) is 4.84. The molecule has 1 heterocycles. The predicted molar refractivity (Wildman–Crippen MR) is 138 cm³/mol. The summed E-state index contributed by atoms with van der Waals surface area (Å²) < 4.78 is 5.84. The largest absolute Gasteiger partial charge is 0.441 e. The first-order valence-electron chi connectivity index (χ1n) is 11.9. The van der Waals surface area contributed by atoms with Gasteiger partial charge in [0.15, 0.2) is 0 Å². The first-order valence-corrected chi connectivity index (χ1v) is 11.9. The molecule has 3 aromatic rings. The number of amides is 1. The molecule has 4 rings (SSSR count). The summed E-state index contributed by atoms with van der Waals surface area (Å²) in [7, 11) is 0. The molecule has 0 aromatic heterocycles. The van der Waals surface area contributed by atoms with Gasteiger partial charge in [0.05, 0.1) is 16.6 Å². The molecule has 1 fully saturated rings. The highest BCUT2D eigenvalue weighted by molar-refractivity contribution is 5.73. The van der Waals surface area contributed by atoms with Crippen molar-refractivity contribution in [3.05, 3.63) is 94.0 Å². The molecule has 0 aliphatic carbocycles. The minimum absolute atomic E-state index is 0.115. The Kier molecular flexibility index (Phi) is 6.99. The number of ether oxygens (including phenoxy) is 1. The zero-order chi connectivity index (χ0) is 26.0. The van der Waals surface area contributed by atoms with E-state index >= 15 is 0 Å². The molecule has 3 aromatic carbocycles. The number of nitrogen functional groups attached to an aromatic ring is 1. The molecule has 36 heavy (non-hydrogen) atoms. The molecule has 1 saturated heterocycles. The standard InChI is InChI=1S/C28H31N3O5/c1-18(19-9-11-20(12-10-19)22-13-14-24(29)25(15-22)31(34)35)30-23(17-28(2,3)33)16-26(36-27(30)32)21-7-5-4-6-8-21/h4-15,18,23,26,33H,16-17,29H2,1-3H3/t18-,23?,26-/m0/s1. The van der Waals surface area contributed by atoms with Gasteiger partial charge in [0.2, 0.25) is 0 Å². The lowest BCUT2D eigenvalue weighted by molar-refractivity contribution is -0.383. The summed E-state index contributed by atoms with van der Waals surface area (Å²) in [5.74, 6) is 0. The summed E-state index contributed by atoms with van der Waals surface area (Å²) in [6.07, 6.45) is 0.175. The highest BCUT2D eigenvalue weighted by atomic mass is 16.6. The number of anilines is 1. The van der Waals surface area contributed by atoms with Crippen molar-refractivity contribution in [2.45, 2.75) is 57.4 Å². The second-order valence-electron chi connectivity index (χ2n) is 9.93. The molecule has 1 amide bonds. The molecular weight excluding hydrogens is 458 g/mol. The van der Waals surface area contributed by atoms with Crippen LogP contribution in [0, 0.1) is 10.1 Å². The van der Waals surface area contributed by atoms with Gasteiger partial charge in [-0.3, -0.25) is 15.0 Å². The van der Waals surface area contributed by atoms with Gasteiger partial charge in [0.25, 0.3) is 5.69 Å². The van der Waals surface area contributed by atoms with E-state index in [4.69, 9.17) is 10.5 Å². The maximum absolute atomic E-state index is 13.3. The van der Waals surface area contributed by atoms with Crippen LogP contribution in [0.1, 0.15) is 56.9 Å². The van der Waals surface area contributed by atoms with Crippen LogP contribution in [0.25, 0.3) is 11.1 Å². The predicted octanol–water partition coefficient (Wildman–Crippen LogP) is 6.02. The molecular formula is C28H31N3O5. The van der Waals surface area contributed by atoms with E-state index < -0.39 is 16.6 Å². The molecule has 0 saturated carbocycles. The molecule has 3 atom stereocenters. The highest BCUT2D eigenvalue weighted by Gasteiger charge is 2.41. The van der Waals surface area contributed by atoms with Crippen molar-refractivity contribution < 1.29 is 19.6 Å². The Hall–Kier alpha value is -3.91. The van der Waals surface area contributed by atoms with Crippen molar-refractivity contribution in [3.8, 4) is 11.1 Å². The second kappa shape index (κ2) is 9.99. The summed E-state index contributed by atoms with van der Waals surface area (Å²) in [4.78, 5) is 25.7. The normalized spacial score (nSPS) is 19.0. The topological polar surface area (TPSA) is 119 Å². The van der Waals surface area contributed by atoms with Crippen LogP contribution in [0.2, 0.25) is 0 Å². The third-order valence-corrected chi connectivity index (χ3v) is 6.61. The van der Waals surface area contributed by atoms with Crippen molar-refractivity contribution in [3.63, 3.8) is 0 Å². The van der Waals surface area contributed by atoms with Crippen LogP contribution in [0.4, 0.5) is 16.2 Å². The van der Waals surface area contributed by atoms with Crippen LogP contribution in [0.5, 0.6) is 0 Å². The van der Waals surface area contributed by atoms with Crippen molar-refractivity contribution in [2.24, 2.45) is 0 Å². The van der Waals surface area contributed by atoms with Crippen molar-refractivity contribution >= 4 is 17.5 Å². The van der Waals surface area contributed by atoms with Gasteiger partial charge >= 0.3 is 6.09 Å². The van der Waals surface area contributed by atoms with Gasteiger partial charge in [-0.1, -0.05) is 60.7 Å². The summed E-state index contributed by atoms with van der Waals surface area (Å²) in [5.41, 5.74) is 8.04. The van der Waals surface area contributed by atoms with E-state index in [1.165, 1.54) is 12.1 Å². The quantitative estimate of drug-likeness (QED) is 0.238. The van der Waals surface area contributed by atoms with Gasteiger partial charge in [-0.15, -0.1) is 0 Å². The number of nitro groups is 1. The van der Waals surface area contributed by atoms with Gasteiger partial charge in [-0.2, -0.15) is 0 Å². The third kappa shape index (κ3) is 5.49. The Morgan fingerprint density at radius 2 is 1.75 bits per heavy atom. The van der Waals surface area contributed by atoms with Crippen molar-refractivity contribution in [2.75, 3.05) is 5.73 Å². The lowest BCUT2D eigenvalue weighted by atomic mass is 9.89. The van der Waals surface area contributed by atoms with E-state index in [-0.39, 0.29) is 29.6 Å². The average Bonchev–Trinajstić information content (AvgIpc) is 2.83. The maximum atomic E-state index is 13.3. The van der Waals surface area contributed by atoms with Gasteiger partial charge in [-0.05, 0) is 55.5 Å². The molecule has 1 aliphatic rings. The van der Waals surface area contributed by atoms with Crippen LogP contribution in [0.15, 0.2) is 72.8 Å². The SMILES string of the molecule is C[C@@H](c1ccc(-c2ccc(N)c([N+](=O)[O-])c2)cc1)N1C(=O)O[C@H](c2ccccc2)CC1CC(C)(C)O. The van der Waals surface area contributed by atoms with E-state index in [2.05, 4.69) is 0 Å². The fourth-order valence-corrected chi connectivity index (χ4v) is 4.84. The monoisotopic (exact) mass is 489 g/mol. The van der Waals surface area contributed by atoms with Gasteiger partial charge in [0.1, 0.15) is 11.8 Å². The van der Waals surface area contributed by atoms with E-state index in [1.54, 1.807) is 24.8 Å². The average molecular weight is 490 g/mol. The smallest absolute Gasteiger partial charge is 0.411 e. The van der Waals surface area contributed by atoms with Crippen molar-refractivity contribution in [1.82, 2.24) is 4.90 Å². The number of carbonyl (C=O) groups excluding carboxylic acids is 1. The summed E-state index contributed by atoms with van der Waals surface area (Å²) in [5, 5.41) is 21.8. The number of hydrogen-bond donors (Lipinski definition) is 2. The molecule has 0 radical (unpaired) electrons. The van der Waals surface area contributed by atoms with Crippen LogP contribution >= 0.6 is 0 Å². The number of nitrogens with two attached hydrogens (primary N) is 1. The fraction of sp³-hybridized carbons (Fsp3) is 0.321. The number of nitrogens with zero attached hydrogens (tertiary/aromatic N) is 2. The number of hydrogen-bond acceptors (Lipinski definition) is 6. The summed E-state index contributed by atoms with van der Waals surface area (Å²) in [6.45, 7) is 5.42. The zero-order valence-corrected chi connectivity index (χ0v) is 20.6. The first-order chi connectivity index (χ1) is 17.0. The zero-order valence-electron chi connectivity index (χ0n) is 20.6. The number of aliphatic hydroxyl groups is 1. The molecule has 1 unspecified atom stereocenters. The van der Waals surface area contributed by atoms with E-state index in [1.807, 2.05) is 61.5 Å². The molecule has 0 spiro atoms. The van der Waals surface area contributed by atoms with E-state index in [9.17, 15) is 20.0 Å². The summed E-state index contributed by atoms with van der Waals surface area (Å²) in [6, 6.07) is 21.4. The molecule has 1 aliphatic heterocycles. The lowest BCUT2D eigenvalue weighted by Gasteiger charge is -2.44. The van der Waals surface area contributed by atoms with Crippen LogP contribution in [-0.2, 0) is 4.74 Å². The Bertz CT molecular complexity index is 1240. The Balaban J connectivity index is 1.59. The minimum atomic E-state index is -0.963. The number of nitro benzene ring substituents is 1. The van der Waals surface area contributed by atoms with E-state index in [0.717, 1.165) is 16.7 Å². The molecule has 8 heteroatoms. The third-order valence-electron chi connectivity index (χ3n) is 6.61. The van der Waals surface area contributed by atoms with Crippen LogP contribution < -0.4 is 5.73 Å². The maximum Gasteiger partial charge on any atom is 0.411 e. The lowest BCUT2D eigenvalue weighted by Crippen LogP contribution is -2.50. The Morgan fingerprint density at radius 3 is 2.36 bits per heavy atom. The minimum Gasteiger partial charge on any atom is -0.441 e. The number of benzene rings is 3. The van der Waals surface area contributed by atoms with Crippen molar-refractivity contribution in [1.29, 1.82) is 0 Å².